The van der Waals surface area contributed by atoms with Gasteiger partial charge in [0, 0.05) is 25.5 Å². The molecule has 0 amide bonds. The summed E-state index contributed by atoms with van der Waals surface area (Å²) < 4.78 is 2.20. The van der Waals surface area contributed by atoms with E-state index in [2.05, 4.69) is 48.0 Å². The molecule has 0 spiro atoms. The molecule has 1 aromatic rings. The quantitative estimate of drug-likeness (QED) is 0.634. The molecular weight excluding hydrogens is 136 g/mol. The molecule has 0 saturated carbocycles. The average molecular weight is 152 g/mol. The molecule has 1 heterocycles. The summed E-state index contributed by atoms with van der Waals surface area (Å²) in [5, 5.41) is 0. The molecule has 2 heteroatoms. The summed E-state index contributed by atoms with van der Waals surface area (Å²) in [6.45, 7) is 5.53. The van der Waals surface area contributed by atoms with Crippen molar-refractivity contribution in [1.82, 2.24) is 9.47 Å². The van der Waals surface area contributed by atoms with Crippen LogP contribution in [-0.2, 0) is 6.54 Å². The molecule has 0 aliphatic heterocycles. The van der Waals surface area contributed by atoms with Gasteiger partial charge in [-0.1, -0.05) is 6.92 Å². The molecule has 2 nitrogen and oxygen atoms in total. The topological polar surface area (TPSA) is 8.17 Å². The lowest BCUT2D eigenvalue weighted by Gasteiger charge is -2.13. The number of hydrogen-bond donors (Lipinski definition) is 0. The standard InChI is InChI=1S/C9H16N2/c1-3-10(2)8-9-11-6-4-5-7-11/h4-7H,3,8-9H2,1-2H3. The van der Waals surface area contributed by atoms with Crippen LogP contribution in [0.25, 0.3) is 0 Å². The van der Waals surface area contributed by atoms with Gasteiger partial charge in [-0.15, -0.1) is 0 Å². The van der Waals surface area contributed by atoms with Crippen LogP contribution < -0.4 is 0 Å². The van der Waals surface area contributed by atoms with Crippen LogP contribution in [0.2, 0.25) is 0 Å². The van der Waals surface area contributed by atoms with E-state index < -0.39 is 0 Å². The Morgan fingerprint density at radius 3 is 2.45 bits per heavy atom. The van der Waals surface area contributed by atoms with Crippen molar-refractivity contribution in [3.63, 3.8) is 0 Å². The second-order valence-electron chi connectivity index (χ2n) is 2.82. The number of hydrogen-bond acceptors (Lipinski definition) is 1. The number of likely N-dealkylation sites (N-methyl/N-ethyl adjacent to an activating group) is 1. The summed E-state index contributed by atoms with van der Waals surface area (Å²) in [4.78, 5) is 2.31. The highest BCUT2D eigenvalue weighted by atomic mass is 15.1. The summed E-state index contributed by atoms with van der Waals surface area (Å²) in [6.07, 6.45) is 4.20. The van der Waals surface area contributed by atoms with E-state index in [1.54, 1.807) is 0 Å². The van der Waals surface area contributed by atoms with Gasteiger partial charge < -0.3 is 9.47 Å². The predicted octanol–water partition coefficient (Wildman–Crippen LogP) is 1.44. The first-order chi connectivity index (χ1) is 5.33. The third kappa shape index (κ3) is 2.76. The molecule has 0 aromatic carbocycles. The molecular formula is C9H16N2. The highest BCUT2D eigenvalue weighted by molar-refractivity contribution is 4.90. The van der Waals surface area contributed by atoms with Crippen LogP contribution >= 0.6 is 0 Å². The van der Waals surface area contributed by atoms with Crippen molar-refractivity contribution in [3.8, 4) is 0 Å². The van der Waals surface area contributed by atoms with E-state index in [-0.39, 0.29) is 0 Å². The van der Waals surface area contributed by atoms with Crippen LogP contribution in [0.3, 0.4) is 0 Å². The first kappa shape index (κ1) is 8.34. The summed E-state index contributed by atoms with van der Waals surface area (Å²) in [5.74, 6) is 0. The minimum Gasteiger partial charge on any atom is -0.353 e. The molecule has 11 heavy (non-hydrogen) atoms. The fraction of sp³-hybridized carbons (Fsp3) is 0.556. The van der Waals surface area contributed by atoms with Gasteiger partial charge in [0.15, 0.2) is 0 Å². The normalized spacial score (nSPS) is 10.8. The average Bonchev–Trinajstić information content (AvgIpc) is 2.52. The SMILES string of the molecule is CCN(C)CCn1cccc1. The minimum absolute atomic E-state index is 1.09. The lowest BCUT2D eigenvalue weighted by atomic mass is 10.5. The van der Waals surface area contributed by atoms with Gasteiger partial charge >= 0.3 is 0 Å². The second-order valence-corrected chi connectivity index (χ2v) is 2.82. The van der Waals surface area contributed by atoms with Gasteiger partial charge in [-0.25, -0.2) is 0 Å². The Balaban J connectivity index is 2.23. The predicted molar refractivity (Wildman–Crippen MR) is 47.6 cm³/mol. The van der Waals surface area contributed by atoms with E-state index >= 15 is 0 Å². The van der Waals surface area contributed by atoms with Crippen LogP contribution in [-0.4, -0.2) is 29.6 Å². The Morgan fingerprint density at radius 2 is 1.91 bits per heavy atom. The van der Waals surface area contributed by atoms with Gasteiger partial charge in [0.05, 0.1) is 0 Å². The minimum atomic E-state index is 1.09. The van der Waals surface area contributed by atoms with Crippen LogP contribution in [0.4, 0.5) is 0 Å². The first-order valence-electron chi connectivity index (χ1n) is 4.12. The van der Waals surface area contributed by atoms with Gasteiger partial charge in [-0.2, -0.15) is 0 Å². The van der Waals surface area contributed by atoms with E-state index in [4.69, 9.17) is 0 Å². The Labute approximate surface area is 68.4 Å². The fourth-order valence-corrected chi connectivity index (χ4v) is 0.964. The molecule has 1 aromatic heterocycles. The summed E-state index contributed by atoms with van der Waals surface area (Å²) in [7, 11) is 2.14. The highest BCUT2D eigenvalue weighted by Gasteiger charge is 1.93. The van der Waals surface area contributed by atoms with Crippen molar-refractivity contribution in [2.75, 3.05) is 20.1 Å². The van der Waals surface area contributed by atoms with Crippen molar-refractivity contribution in [2.24, 2.45) is 0 Å². The van der Waals surface area contributed by atoms with Gasteiger partial charge in [0.1, 0.15) is 0 Å². The maximum absolute atomic E-state index is 2.31. The molecule has 0 N–H and O–H groups in total. The maximum atomic E-state index is 2.31. The third-order valence-electron chi connectivity index (χ3n) is 1.95. The van der Waals surface area contributed by atoms with Gasteiger partial charge in [-0.3, -0.25) is 0 Å². The molecule has 0 aliphatic rings. The van der Waals surface area contributed by atoms with Gasteiger partial charge in [0.2, 0.25) is 0 Å². The highest BCUT2D eigenvalue weighted by Crippen LogP contribution is 1.90. The van der Waals surface area contributed by atoms with E-state index in [0.29, 0.717) is 0 Å². The molecule has 0 atom stereocenters. The van der Waals surface area contributed by atoms with Crippen LogP contribution in [0.15, 0.2) is 24.5 Å². The Bertz CT molecular complexity index is 179. The lowest BCUT2D eigenvalue weighted by molar-refractivity contribution is 0.335. The number of nitrogens with zero attached hydrogens (tertiary/aromatic N) is 2. The Morgan fingerprint density at radius 1 is 1.27 bits per heavy atom. The van der Waals surface area contributed by atoms with Crippen LogP contribution in [0.1, 0.15) is 6.92 Å². The van der Waals surface area contributed by atoms with Gasteiger partial charge in [-0.05, 0) is 25.7 Å². The fourth-order valence-electron chi connectivity index (χ4n) is 0.964. The van der Waals surface area contributed by atoms with Crippen molar-refractivity contribution >= 4 is 0 Å². The van der Waals surface area contributed by atoms with Crippen LogP contribution in [0.5, 0.6) is 0 Å². The lowest BCUT2D eigenvalue weighted by Crippen LogP contribution is -2.22. The Kier molecular flexibility index (Phi) is 3.17. The molecule has 0 fully saturated rings. The zero-order valence-electron chi connectivity index (χ0n) is 7.33. The maximum Gasteiger partial charge on any atom is 0.0347 e. The van der Waals surface area contributed by atoms with E-state index in [0.717, 1.165) is 19.6 Å². The monoisotopic (exact) mass is 152 g/mol. The van der Waals surface area contributed by atoms with Crippen LogP contribution in [0, 0.1) is 0 Å². The molecule has 1 rings (SSSR count). The summed E-state index contributed by atoms with van der Waals surface area (Å²) in [6, 6.07) is 4.12. The molecule has 62 valence electrons. The summed E-state index contributed by atoms with van der Waals surface area (Å²) in [5.41, 5.74) is 0. The molecule has 0 radical (unpaired) electrons. The van der Waals surface area contributed by atoms with Crippen molar-refractivity contribution < 1.29 is 0 Å². The first-order valence-corrected chi connectivity index (χ1v) is 4.12. The number of rotatable bonds is 4. The van der Waals surface area contributed by atoms with Crippen molar-refractivity contribution in [3.05, 3.63) is 24.5 Å². The summed E-state index contributed by atoms with van der Waals surface area (Å²) >= 11 is 0. The third-order valence-corrected chi connectivity index (χ3v) is 1.95. The van der Waals surface area contributed by atoms with E-state index in [1.165, 1.54) is 0 Å². The zero-order valence-corrected chi connectivity index (χ0v) is 7.33. The second kappa shape index (κ2) is 4.19. The molecule has 0 saturated heterocycles. The number of aromatic nitrogens is 1. The largest absolute Gasteiger partial charge is 0.353 e. The molecule has 0 aliphatic carbocycles. The van der Waals surface area contributed by atoms with Crippen molar-refractivity contribution in [2.45, 2.75) is 13.5 Å². The molecule has 0 bridgehead atoms. The van der Waals surface area contributed by atoms with Crippen molar-refractivity contribution in [1.29, 1.82) is 0 Å². The van der Waals surface area contributed by atoms with E-state index in [9.17, 15) is 0 Å². The van der Waals surface area contributed by atoms with Gasteiger partial charge in [0.25, 0.3) is 0 Å². The van der Waals surface area contributed by atoms with E-state index in [1.807, 2.05) is 0 Å². The zero-order chi connectivity index (χ0) is 8.10. The molecule has 0 unspecified atom stereocenters. The Hall–Kier alpha value is -0.760. The smallest absolute Gasteiger partial charge is 0.0347 e.